The molecule has 1 atom stereocenters. The maximum Gasteiger partial charge on any atom is 0.167 e. The monoisotopic (exact) mass is 283 g/mol. The number of para-hydroxylation sites is 1. The molecule has 0 saturated heterocycles. The van der Waals surface area contributed by atoms with Gasteiger partial charge in [0.1, 0.15) is 9.34 Å². The van der Waals surface area contributed by atoms with Crippen molar-refractivity contribution in [2.45, 2.75) is 6.04 Å². The largest absolute Gasteiger partial charge is 0.363 e. The van der Waals surface area contributed by atoms with E-state index in [4.69, 9.17) is 28.5 Å². The second-order valence-corrected chi connectivity index (χ2v) is 5.29. The van der Waals surface area contributed by atoms with Gasteiger partial charge >= 0.3 is 0 Å². The van der Waals surface area contributed by atoms with Crippen LogP contribution in [-0.2, 0) is 0 Å². The van der Waals surface area contributed by atoms with Crippen molar-refractivity contribution < 1.29 is 0 Å². The summed E-state index contributed by atoms with van der Waals surface area (Å²) in [7, 11) is 0. The molecule has 2 rings (SSSR count). The first-order valence-corrected chi connectivity index (χ1v) is 6.30. The van der Waals surface area contributed by atoms with Crippen LogP contribution in [0.2, 0.25) is 9.36 Å². The van der Waals surface area contributed by atoms with Crippen molar-refractivity contribution >= 4 is 40.2 Å². The van der Waals surface area contributed by atoms with Gasteiger partial charge in [-0.2, -0.15) is 5.26 Å². The van der Waals surface area contributed by atoms with Crippen molar-refractivity contribution in [3.8, 4) is 6.07 Å². The lowest BCUT2D eigenvalue weighted by atomic mass is 10.2. The van der Waals surface area contributed by atoms with E-state index in [9.17, 15) is 0 Å². The van der Waals surface area contributed by atoms with Gasteiger partial charge in [0.15, 0.2) is 6.04 Å². The smallest absolute Gasteiger partial charge is 0.167 e. The molecule has 1 aromatic heterocycles. The predicted octanol–water partition coefficient (Wildman–Crippen LogP) is 4.13. The van der Waals surface area contributed by atoms with Crippen LogP contribution in [0, 0.1) is 11.3 Å². The molecule has 17 heavy (non-hydrogen) atoms. The van der Waals surface area contributed by atoms with Gasteiger partial charge in [-0.1, -0.05) is 35.3 Å². The Balaban J connectivity index is 2.22. The Kier molecular flexibility index (Phi) is 3.85. The fourth-order valence-corrected chi connectivity index (χ4v) is 2.40. The number of halogens is 2. The average molecular weight is 284 g/mol. The quantitative estimate of drug-likeness (QED) is 0.922. The van der Waals surface area contributed by atoms with Crippen molar-refractivity contribution in [2.24, 2.45) is 0 Å². The van der Waals surface area contributed by atoms with Crippen molar-refractivity contribution in [3.05, 3.63) is 44.8 Å². The molecule has 2 aromatic rings. The highest BCUT2D eigenvalue weighted by atomic mass is 35.5. The maximum absolute atomic E-state index is 9.11. The highest BCUT2D eigenvalue weighted by molar-refractivity contribution is 7.15. The first kappa shape index (κ1) is 12.2. The molecule has 6 heteroatoms. The molecular formula is C11H7Cl2N3S. The molecule has 1 aromatic carbocycles. The Hall–Kier alpha value is -1.28. The molecule has 86 valence electrons. The minimum atomic E-state index is -0.549. The zero-order valence-corrected chi connectivity index (χ0v) is 10.9. The van der Waals surface area contributed by atoms with Gasteiger partial charge in [0, 0.05) is 0 Å². The Labute approximate surface area is 113 Å². The van der Waals surface area contributed by atoms with Gasteiger partial charge < -0.3 is 5.32 Å². The summed E-state index contributed by atoms with van der Waals surface area (Å²) in [4.78, 5) is 4.07. The topological polar surface area (TPSA) is 48.7 Å². The molecule has 1 unspecified atom stereocenters. The lowest BCUT2D eigenvalue weighted by Crippen LogP contribution is -2.08. The van der Waals surface area contributed by atoms with Gasteiger partial charge in [0.05, 0.1) is 23.0 Å². The Morgan fingerprint density at radius 3 is 2.71 bits per heavy atom. The van der Waals surface area contributed by atoms with Crippen LogP contribution < -0.4 is 5.32 Å². The molecule has 0 saturated carbocycles. The number of nitrogens with one attached hydrogen (secondary N) is 1. The summed E-state index contributed by atoms with van der Waals surface area (Å²) >= 11 is 13.1. The number of hydrogen-bond acceptors (Lipinski definition) is 4. The molecule has 0 bridgehead atoms. The van der Waals surface area contributed by atoms with Gasteiger partial charge in [0.2, 0.25) is 0 Å². The van der Waals surface area contributed by atoms with E-state index >= 15 is 0 Å². The fraction of sp³-hybridized carbons (Fsp3) is 0.0909. The second kappa shape index (κ2) is 5.37. The summed E-state index contributed by atoms with van der Waals surface area (Å²) < 4.78 is 0.557. The lowest BCUT2D eigenvalue weighted by Gasteiger charge is -2.11. The summed E-state index contributed by atoms with van der Waals surface area (Å²) in [5.74, 6) is 0. The Bertz CT molecular complexity index is 562. The first-order valence-electron chi connectivity index (χ1n) is 4.72. The normalized spacial score (nSPS) is 11.8. The highest BCUT2D eigenvalue weighted by Crippen LogP contribution is 2.29. The number of nitriles is 1. The zero-order valence-electron chi connectivity index (χ0n) is 8.52. The van der Waals surface area contributed by atoms with Crippen molar-refractivity contribution in [1.82, 2.24) is 4.98 Å². The number of anilines is 1. The Morgan fingerprint density at radius 1 is 1.35 bits per heavy atom. The lowest BCUT2D eigenvalue weighted by molar-refractivity contribution is 0.974. The molecule has 0 aliphatic heterocycles. The molecular weight excluding hydrogens is 277 g/mol. The van der Waals surface area contributed by atoms with Gasteiger partial charge in [-0.3, -0.25) is 0 Å². The van der Waals surface area contributed by atoms with E-state index in [0.717, 1.165) is 0 Å². The van der Waals surface area contributed by atoms with Crippen LogP contribution in [0.15, 0.2) is 30.5 Å². The van der Waals surface area contributed by atoms with E-state index in [-0.39, 0.29) is 0 Å². The van der Waals surface area contributed by atoms with Crippen LogP contribution in [0.3, 0.4) is 0 Å². The van der Waals surface area contributed by atoms with Crippen molar-refractivity contribution in [2.75, 3.05) is 5.32 Å². The van der Waals surface area contributed by atoms with E-state index in [0.29, 0.717) is 20.1 Å². The van der Waals surface area contributed by atoms with Crippen LogP contribution in [0.1, 0.15) is 11.0 Å². The number of benzene rings is 1. The van der Waals surface area contributed by atoms with Gasteiger partial charge in [-0.15, -0.1) is 11.3 Å². The standard InChI is InChI=1S/C11H7Cl2N3S/c12-7-3-1-2-4-8(7)16-9(5-14)11-15-6-10(13)17-11/h1-4,6,9,16H. The Morgan fingerprint density at radius 2 is 2.12 bits per heavy atom. The van der Waals surface area contributed by atoms with E-state index in [2.05, 4.69) is 16.4 Å². The molecule has 0 spiro atoms. The predicted molar refractivity (Wildman–Crippen MR) is 70.6 cm³/mol. The van der Waals surface area contributed by atoms with Gasteiger partial charge in [-0.25, -0.2) is 4.98 Å². The summed E-state index contributed by atoms with van der Waals surface area (Å²) in [5.41, 5.74) is 0.701. The second-order valence-electron chi connectivity index (χ2n) is 3.19. The van der Waals surface area contributed by atoms with Crippen LogP contribution in [0.25, 0.3) is 0 Å². The third-order valence-electron chi connectivity index (χ3n) is 2.05. The molecule has 0 amide bonds. The van der Waals surface area contributed by atoms with Gasteiger partial charge in [-0.05, 0) is 12.1 Å². The molecule has 0 aliphatic rings. The molecule has 1 N–H and O–H groups in total. The molecule has 1 heterocycles. The van der Waals surface area contributed by atoms with Crippen LogP contribution in [0.5, 0.6) is 0 Å². The average Bonchev–Trinajstić information content (AvgIpc) is 2.75. The van der Waals surface area contributed by atoms with E-state index in [1.807, 2.05) is 18.2 Å². The van der Waals surface area contributed by atoms with E-state index in [1.54, 1.807) is 6.07 Å². The number of hydrogen-bond donors (Lipinski definition) is 1. The molecule has 0 fully saturated rings. The van der Waals surface area contributed by atoms with Crippen LogP contribution in [-0.4, -0.2) is 4.98 Å². The molecule has 0 aliphatic carbocycles. The number of aromatic nitrogens is 1. The van der Waals surface area contributed by atoms with Crippen LogP contribution >= 0.6 is 34.5 Å². The molecule has 0 radical (unpaired) electrons. The summed E-state index contributed by atoms with van der Waals surface area (Å²) in [6.45, 7) is 0. The van der Waals surface area contributed by atoms with Crippen LogP contribution in [0.4, 0.5) is 5.69 Å². The fourth-order valence-electron chi connectivity index (χ4n) is 1.28. The minimum Gasteiger partial charge on any atom is -0.363 e. The zero-order chi connectivity index (χ0) is 12.3. The van der Waals surface area contributed by atoms with E-state index in [1.165, 1.54) is 17.5 Å². The van der Waals surface area contributed by atoms with Crippen molar-refractivity contribution in [3.63, 3.8) is 0 Å². The van der Waals surface area contributed by atoms with E-state index < -0.39 is 6.04 Å². The molecule has 3 nitrogen and oxygen atoms in total. The summed E-state index contributed by atoms with van der Waals surface area (Å²) in [6.07, 6.45) is 1.53. The SMILES string of the molecule is N#CC(Nc1ccccc1Cl)c1ncc(Cl)s1. The number of nitrogens with zero attached hydrogens (tertiary/aromatic N) is 2. The number of thiazole rings is 1. The third kappa shape index (κ3) is 2.89. The first-order chi connectivity index (χ1) is 8.20. The van der Waals surface area contributed by atoms with Crippen molar-refractivity contribution in [1.29, 1.82) is 5.26 Å². The highest BCUT2D eigenvalue weighted by Gasteiger charge is 2.15. The summed E-state index contributed by atoms with van der Waals surface area (Å²) in [6, 6.07) is 8.82. The maximum atomic E-state index is 9.11. The van der Waals surface area contributed by atoms with Gasteiger partial charge in [0.25, 0.3) is 0 Å². The third-order valence-corrected chi connectivity index (χ3v) is 3.55. The summed E-state index contributed by atoms with van der Waals surface area (Å²) in [5, 5.41) is 13.3. The number of rotatable bonds is 3. The minimum absolute atomic E-state index is 0.549.